The summed E-state index contributed by atoms with van der Waals surface area (Å²) in [7, 11) is 0. The molecular weight excluding hydrogens is 328 g/mol. The second kappa shape index (κ2) is 6.44. The Bertz CT molecular complexity index is 843. The van der Waals surface area contributed by atoms with Crippen LogP contribution in [0.1, 0.15) is 25.2 Å². The number of carboxylic acids is 1. The van der Waals surface area contributed by atoms with E-state index >= 15 is 0 Å². The summed E-state index contributed by atoms with van der Waals surface area (Å²) in [6.45, 7) is 3.80. The Kier molecular flexibility index (Phi) is 4.34. The van der Waals surface area contributed by atoms with Crippen molar-refractivity contribution < 1.29 is 9.90 Å². The maximum Gasteiger partial charge on any atom is 0.309 e. The Morgan fingerprint density at radius 3 is 2.75 bits per heavy atom. The van der Waals surface area contributed by atoms with E-state index in [4.69, 9.17) is 0 Å². The third kappa shape index (κ3) is 3.62. The first kappa shape index (κ1) is 16.2. The molecule has 8 nitrogen and oxygen atoms in total. The lowest BCUT2D eigenvalue weighted by Gasteiger charge is -2.16. The van der Waals surface area contributed by atoms with Gasteiger partial charge in [0.05, 0.1) is 23.3 Å². The molecule has 0 spiro atoms. The van der Waals surface area contributed by atoms with Gasteiger partial charge < -0.3 is 5.11 Å². The fraction of sp³-hybridized carbons (Fsp3) is 0.333. The summed E-state index contributed by atoms with van der Waals surface area (Å²) in [6.07, 6.45) is 5.43. The first-order valence-corrected chi connectivity index (χ1v) is 8.16. The third-order valence-corrected chi connectivity index (χ3v) is 4.31. The number of aliphatic carboxylic acids is 1. The molecule has 24 heavy (non-hydrogen) atoms. The molecule has 0 saturated carbocycles. The molecule has 9 heteroatoms. The number of hydrogen-bond donors (Lipinski definition) is 1. The number of carbonyl (C=O) groups is 1. The van der Waals surface area contributed by atoms with Gasteiger partial charge in [-0.25, -0.2) is 19.6 Å². The van der Waals surface area contributed by atoms with Crippen molar-refractivity contribution >= 4 is 17.3 Å². The molecule has 0 unspecified atom stereocenters. The maximum atomic E-state index is 11.2. The quantitative estimate of drug-likeness (QED) is 0.727. The molecule has 3 rings (SSSR count). The van der Waals surface area contributed by atoms with Crippen LogP contribution in [-0.2, 0) is 17.8 Å². The summed E-state index contributed by atoms with van der Waals surface area (Å²) in [6, 6.07) is 1.76. The zero-order chi connectivity index (χ0) is 17.2. The van der Waals surface area contributed by atoms with E-state index in [1.54, 1.807) is 43.2 Å². The molecule has 0 atom stereocenters. The first-order chi connectivity index (χ1) is 11.4. The van der Waals surface area contributed by atoms with Gasteiger partial charge in [0.1, 0.15) is 0 Å². The molecule has 0 aliphatic carbocycles. The summed E-state index contributed by atoms with van der Waals surface area (Å²) in [5, 5.41) is 19.9. The van der Waals surface area contributed by atoms with E-state index in [0.717, 1.165) is 10.7 Å². The molecule has 0 aliphatic rings. The van der Waals surface area contributed by atoms with E-state index in [-0.39, 0.29) is 0 Å². The number of rotatable bonds is 6. The number of thiazole rings is 1. The van der Waals surface area contributed by atoms with Crippen molar-refractivity contribution in [2.45, 2.75) is 26.8 Å². The zero-order valence-corrected chi connectivity index (χ0v) is 14.1. The molecule has 3 aromatic rings. The van der Waals surface area contributed by atoms with E-state index in [9.17, 15) is 9.90 Å². The average molecular weight is 344 g/mol. The van der Waals surface area contributed by atoms with Gasteiger partial charge in [-0.2, -0.15) is 0 Å². The predicted molar refractivity (Wildman–Crippen MR) is 87.4 cm³/mol. The Morgan fingerprint density at radius 2 is 2.04 bits per heavy atom. The highest BCUT2D eigenvalue weighted by molar-refractivity contribution is 7.13. The summed E-state index contributed by atoms with van der Waals surface area (Å²) in [5.41, 5.74) is 0.597. The van der Waals surface area contributed by atoms with Crippen LogP contribution in [0, 0.1) is 5.41 Å². The summed E-state index contributed by atoms with van der Waals surface area (Å²) >= 11 is 1.47. The van der Waals surface area contributed by atoms with Gasteiger partial charge in [0.15, 0.2) is 10.8 Å². The van der Waals surface area contributed by atoms with Gasteiger partial charge in [-0.05, 0) is 19.9 Å². The van der Waals surface area contributed by atoms with Gasteiger partial charge in [-0.1, -0.05) is 5.21 Å². The minimum atomic E-state index is -0.876. The highest BCUT2D eigenvalue weighted by atomic mass is 32.1. The molecule has 0 saturated heterocycles. The fourth-order valence-corrected chi connectivity index (χ4v) is 2.84. The molecule has 0 amide bonds. The number of carboxylic acid groups (broad SMARTS) is 1. The van der Waals surface area contributed by atoms with E-state index in [0.29, 0.717) is 24.5 Å². The van der Waals surface area contributed by atoms with Gasteiger partial charge in [-0.3, -0.25) is 4.79 Å². The largest absolute Gasteiger partial charge is 0.481 e. The average Bonchev–Trinajstić information content (AvgIpc) is 3.18. The maximum absolute atomic E-state index is 11.2. The Balaban J connectivity index is 1.70. The van der Waals surface area contributed by atoms with Crippen molar-refractivity contribution in [1.29, 1.82) is 0 Å². The summed E-state index contributed by atoms with van der Waals surface area (Å²) in [5.74, 6) is -0.264. The number of hydrogen-bond acceptors (Lipinski definition) is 7. The SMILES string of the molecule is CC(C)(Cc1cn(Cc2csc(-c3ncccn3)n2)nn1)C(=O)O. The second-order valence-electron chi connectivity index (χ2n) is 5.99. The standard InChI is InChI=1S/C15H16N6O2S/c1-15(2,14(22)23)6-10-7-21(20-19-10)8-11-9-24-13(18-11)12-16-4-3-5-17-12/h3-5,7,9H,6,8H2,1-2H3,(H,22,23). The van der Waals surface area contributed by atoms with Crippen LogP contribution in [-0.4, -0.2) is 41.0 Å². The lowest BCUT2D eigenvalue weighted by molar-refractivity contribution is -0.146. The van der Waals surface area contributed by atoms with Crippen molar-refractivity contribution in [2.75, 3.05) is 0 Å². The van der Waals surface area contributed by atoms with Crippen LogP contribution in [0.5, 0.6) is 0 Å². The highest BCUT2D eigenvalue weighted by Gasteiger charge is 2.28. The smallest absolute Gasteiger partial charge is 0.309 e. The van der Waals surface area contributed by atoms with Crippen molar-refractivity contribution in [1.82, 2.24) is 29.9 Å². The monoisotopic (exact) mass is 344 g/mol. The van der Waals surface area contributed by atoms with E-state index in [2.05, 4.69) is 25.3 Å². The lowest BCUT2D eigenvalue weighted by atomic mass is 9.88. The van der Waals surface area contributed by atoms with Crippen LogP contribution in [0.4, 0.5) is 0 Å². The topological polar surface area (TPSA) is 107 Å². The molecule has 1 N–H and O–H groups in total. The van der Waals surface area contributed by atoms with Gasteiger partial charge in [0.25, 0.3) is 0 Å². The van der Waals surface area contributed by atoms with Gasteiger partial charge in [-0.15, -0.1) is 16.4 Å². The summed E-state index contributed by atoms with van der Waals surface area (Å²) < 4.78 is 1.65. The minimum Gasteiger partial charge on any atom is -0.481 e. The lowest BCUT2D eigenvalue weighted by Crippen LogP contribution is -2.26. The van der Waals surface area contributed by atoms with Crippen molar-refractivity contribution in [2.24, 2.45) is 5.41 Å². The van der Waals surface area contributed by atoms with Crippen LogP contribution in [0.2, 0.25) is 0 Å². The number of aromatic nitrogens is 6. The van der Waals surface area contributed by atoms with Gasteiger partial charge in [0.2, 0.25) is 0 Å². The van der Waals surface area contributed by atoms with E-state index in [1.165, 1.54) is 11.3 Å². The van der Waals surface area contributed by atoms with Crippen molar-refractivity contribution in [3.8, 4) is 10.8 Å². The van der Waals surface area contributed by atoms with Crippen molar-refractivity contribution in [3.63, 3.8) is 0 Å². The zero-order valence-electron chi connectivity index (χ0n) is 13.2. The molecule has 0 aliphatic heterocycles. The molecule has 3 heterocycles. The molecule has 0 radical (unpaired) electrons. The first-order valence-electron chi connectivity index (χ1n) is 7.28. The van der Waals surface area contributed by atoms with Crippen LogP contribution in [0.15, 0.2) is 30.0 Å². The van der Waals surface area contributed by atoms with Crippen LogP contribution in [0.3, 0.4) is 0 Å². The molecule has 0 bridgehead atoms. The van der Waals surface area contributed by atoms with Crippen LogP contribution >= 0.6 is 11.3 Å². The second-order valence-corrected chi connectivity index (χ2v) is 6.85. The molecule has 0 fully saturated rings. The Labute approximate surface area is 142 Å². The van der Waals surface area contributed by atoms with E-state index in [1.807, 2.05) is 5.38 Å². The molecule has 124 valence electrons. The Morgan fingerprint density at radius 1 is 1.29 bits per heavy atom. The van der Waals surface area contributed by atoms with Gasteiger partial charge >= 0.3 is 5.97 Å². The highest BCUT2D eigenvalue weighted by Crippen LogP contribution is 2.22. The normalized spacial score (nSPS) is 11.6. The number of nitrogens with zero attached hydrogens (tertiary/aromatic N) is 6. The third-order valence-electron chi connectivity index (χ3n) is 3.42. The minimum absolute atomic E-state index is 0.322. The van der Waals surface area contributed by atoms with Crippen molar-refractivity contribution in [3.05, 3.63) is 41.4 Å². The van der Waals surface area contributed by atoms with Crippen LogP contribution in [0.25, 0.3) is 10.8 Å². The summed E-state index contributed by atoms with van der Waals surface area (Å²) in [4.78, 5) is 24.0. The fourth-order valence-electron chi connectivity index (χ4n) is 2.08. The molecular formula is C15H16N6O2S. The molecule has 0 aromatic carbocycles. The predicted octanol–water partition coefficient (Wildman–Crippen LogP) is 1.89. The Hall–Kier alpha value is -2.68. The molecule has 3 aromatic heterocycles. The van der Waals surface area contributed by atoms with Crippen LogP contribution < -0.4 is 0 Å². The van der Waals surface area contributed by atoms with E-state index < -0.39 is 11.4 Å². The van der Waals surface area contributed by atoms with Gasteiger partial charge in [0, 0.05) is 30.4 Å².